The van der Waals surface area contributed by atoms with Gasteiger partial charge in [-0.05, 0) is 48.0 Å². The van der Waals surface area contributed by atoms with Crippen LogP contribution in [-0.4, -0.2) is 20.5 Å². The molecule has 3 rings (SSSR count). The summed E-state index contributed by atoms with van der Waals surface area (Å²) in [6.07, 6.45) is -3.63. The quantitative estimate of drug-likeness (QED) is 0.481. The Morgan fingerprint density at radius 1 is 1.00 bits per heavy atom. The third kappa shape index (κ3) is 5.22. The zero-order valence-electron chi connectivity index (χ0n) is 15.5. The van der Waals surface area contributed by atoms with Crippen molar-refractivity contribution >= 4 is 21.7 Å². The molecule has 0 unspecified atom stereocenters. The van der Waals surface area contributed by atoms with Crippen LogP contribution in [0.15, 0.2) is 65.7 Å². The molecular weight excluding hydrogens is 443 g/mol. The standard InChI is InChI=1S/C20H15ClF3NO4S/c1-28-15-6-8-17(9-7-15)30(26,27)29-16-4-2-13(3-5-16)10-19-18(21)11-14(12-25-19)20(22,23)24/h2-9,11-12H,10H2,1H3. The van der Waals surface area contributed by atoms with Crippen molar-refractivity contribution in [2.75, 3.05) is 7.11 Å². The number of benzene rings is 2. The van der Waals surface area contributed by atoms with Crippen molar-refractivity contribution in [3.63, 3.8) is 0 Å². The first-order chi connectivity index (χ1) is 14.1. The number of ether oxygens (including phenoxy) is 1. The molecule has 10 heteroatoms. The number of nitrogens with zero attached hydrogens (tertiary/aromatic N) is 1. The average Bonchev–Trinajstić information content (AvgIpc) is 2.70. The van der Waals surface area contributed by atoms with Gasteiger partial charge in [0.15, 0.2) is 0 Å². The van der Waals surface area contributed by atoms with Crippen LogP contribution in [-0.2, 0) is 22.7 Å². The molecule has 0 aliphatic rings. The van der Waals surface area contributed by atoms with Crippen molar-refractivity contribution in [3.8, 4) is 11.5 Å². The Labute approximate surface area is 176 Å². The van der Waals surface area contributed by atoms with E-state index < -0.39 is 21.9 Å². The molecule has 0 radical (unpaired) electrons. The summed E-state index contributed by atoms with van der Waals surface area (Å²) in [5, 5.41) is -0.104. The molecule has 0 amide bonds. The highest BCUT2D eigenvalue weighted by Gasteiger charge is 2.31. The molecule has 2 aromatic carbocycles. The van der Waals surface area contributed by atoms with E-state index in [1.807, 2.05) is 0 Å². The summed E-state index contributed by atoms with van der Waals surface area (Å²) in [7, 11) is -2.56. The van der Waals surface area contributed by atoms with E-state index >= 15 is 0 Å². The lowest BCUT2D eigenvalue weighted by Crippen LogP contribution is -2.09. The molecule has 0 aliphatic heterocycles. The molecule has 0 spiro atoms. The number of halogens is 4. The van der Waals surface area contributed by atoms with Gasteiger partial charge in [-0.2, -0.15) is 21.6 Å². The van der Waals surface area contributed by atoms with E-state index in [0.29, 0.717) is 11.3 Å². The highest BCUT2D eigenvalue weighted by Crippen LogP contribution is 2.31. The van der Waals surface area contributed by atoms with Gasteiger partial charge in [0, 0.05) is 12.6 Å². The van der Waals surface area contributed by atoms with Crippen LogP contribution in [0.1, 0.15) is 16.8 Å². The van der Waals surface area contributed by atoms with E-state index in [-0.39, 0.29) is 27.8 Å². The SMILES string of the molecule is COc1ccc(S(=O)(=O)Oc2ccc(Cc3ncc(C(F)(F)F)cc3Cl)cc2)cc1. The molecule has 0 bridgehead atoms. The van der Waals surface area contributed by atoms with Crippen LogP contribution in [0.3, 0.4) is 0 Å². The smallest absolute Gasteiger partial charge is 0.417 e. The second-order valence-electron chi connectivity index (χ2n) is 6.18. The maximum atomic E-state index is 12.7. The van der Waals surface area contributed by atoms with Crippen molar-refractivity contribution < 1.29 is 30.5 Å². The minimum absolute atomic E-state index is 0.0342. The Bertz CT molecular complexity index is 1130. The molecule has 0 atom stereocenters. The largest absolute Gasteiger partial charge is 0.497 e. The van der Waals surface area contributed by atoms with Crippen LogP contribution in [0.25, 0.3) is 0 Å². The van der Waals surface area contributed by atoms with Crippen LogP contribution >= 0.6 is 11.6 Å². The first kappa shape index (κ1) is 21.9. The number of hydrogen-bond acceptors (Lipinski definition) is 5. The predicted molar refractivity (Wildman–Crippen MR) is 104 cm³/mol. The van der Waals surface area contributed by atoms with Gasteiger partial charge in [0.25, 0.3) is 0 Å². The summed E-state index contributed by atoms with van der Waals surface area (Å²) in [5.41, 5.74) is 0.00581. The van der Waals surface area contributed by atoms with Crippen LogP contribution in [0.5, 0.6) is 11.5 Å². The molecule has 0 fully saturated rings. The summed E-state index contributed by atoms with van der Waals surface area (Å²) in [4.78, 5) is 3.75. The fourth-order valence-electron chi connectivity index (χ4n) is 2.52. The molecule has 5 nitrogen and oxygen atoms in total. The highest BCUT2D eigenvalue weighted by molar-refractivity contribution is 7.87. The monoisotopic (exact) mass is 457 g/mol. The van der Waals surface area contributed by atoms with Crippen molar-refractivity contribution in [2.24, 2.45) is 0 Å². The summed E-state index contributed by atoms with van der Waals surface area (Å²) >= 11 is 5.92. The maximum Gasteiger partial charge on any atom is 0.417 e. The second-order valence-corrected chi connectivity index (χ2v) is 8.14. The first-order valence-corrected chi connectivity index (χ1v) is 10.3. The molecule has 0 saturated heterocycles. The van der Waals surface area contributed by atoms with Gasteiger partial charge < -0.3 is 8.92 Å². The molecule has 0 aliphatic carbocycles. The number of methoxy groups -OCH3 is 1. The van der Waals surface area contributed by atoms with Crippen molar-refractivity contribution in [2.45, 2.75) is 17.5 Å². The Hall–Kier alpha value is -2.78. The zero-order chi connectivity index (χ0) is 21.9. The molecular formula is C20H15ClF3NO4S. The second kappa shape index (κ2) is 8.53. The van der Waals surface area contributed by atoms with Crippen LogP contribution in [0, 0.1) is 0 Å². The van der Waals surface area contributed by atoms with Crippen molar-refractivity contribution in [1.29, 1.82) is 0 Å². The Morgan fingerprint density at radius 3 is 2.13 bits per heavy atom. The number of alkyl halides is 3. The van der Waals surface area contributed by atoms with Gasteiger partial charge in [-0.25, -0.2) is 0 Å². The molecule has 0 N–H and O–H groups in total. The summed E-state index contributed by atoms with van der Waals surface area (Å²) in [5.74, 6) is 0.592. The molecule has 30 heavy (non-hydrogen) atoms. The van der Waals surface area contributed by atoms with Gasteiger partial charge in [-0.15, -0.1) is 0 Å². The Balaban J connectivity index is 1.72. The number of pyridine rings is 1. The lowest BCUT2D eigenvalue weighted by molar-refractivity contribution is -0.137. The topological polar surface area (TPSA) is 65.5 Å². The zero-order valence-corrected chi connectivity index (χ0v) is 17.1. The lowest BCUT2D eigenvalue weighted by atomic mass is 10.1. The third-order valence-corrected chi connectivity index (χ3v) is 5.68. The maximum absolute atomic E-state index is 12.7. The van der Waals surface area contributed by atoms with Crippen LogP contribution in [0.2, 0.25) is 5.02 Å². The van der Waals surface area contributed by atoms with Crippen LogP contribution in [0.4, 0.5) is 13.2 Å². The number of hydrogen-bond donors (Lipinski definition) is 0. The van der Waals surface area contributed by atoms with Gasteiger partial charge >= 0.3 is 16.3 Å². The van der Waals surface area contributed by atoms with E-state index in [0.717, 1.165) is 12.3 Å². The molecule has 158 valence electrons. The van der Waals surface area contributed by atoms with Crippen molar-refractivity contribution in [3.05, 3.63) is 82.6 Å². The lowest BCUT2D eigenvalue weighted by Gasteiger charge is -2.10. The minimum atomic E-state index is -4.52. The molecule has 0 saturated carbocycles. The fourth-order valence-corrected chi connectivity index (χ4v) is 3.69. The minimum Gasteiger partial charge on any atom is -0.497 e. The Kier molecular flexibility index (Phi) is 6.23. The summed E-state index contributed by atoms with van der Waals surface area (Å²) in [6.45, 7) is 0. The predicted octanol–water partition coefficient (Wildman–Crippen LogP) is 5.12. The summed E-state index contributed by atoms with van der Waals surface area (Å²) in [6, 6.07) is 12.6. The van der Waals surface area contributed by atoms with E-state index in [1.54, 1.807) is 12.1 Å². The number of rotatable bonds is 6. The van der Waals surface area contributed by atoms with Gasteiger partial charge in [0.05, 0.1) is 23.4 Å². The van der Waals surface area contributed by atoms with Gasteiger partial charge in [0.1, 0.15) is 16.4 Å². The van der Waals surface area contributed by atoms with E-state index in [9.17, 15) is 21.6 Å². The molecule has 3 aromatic rings. The average molecular weight is 458 g/mol. The van der Waals surface area contributed by atoms with Gasteiger partial charge in [-0.1, -0.05) is 23.7 Å². The van der Waals surface area contributed by atoms with Gasteiger partial charge in [0.2, 0.25) is 0 Å². The van der Waals surface area contributed by atoms with E-state index in [1.165, 1.54) is 43.5 Å². The first-order valence-electron chi connectivity index (χ1n) is 8.47. The van der Waals surface area contributed by atoms with E-state index in [2.05, 4.69) is 4.98 Å². The number of aromatic nitrogens is 1. The summed E-state index contributed by atoms with van der Waals surface area (Å²) < 4.78 is 72.9. The highest BCUT2D eigenvalue weighted by atomic mass is 35.5. The Morgan fingerprint density at radius 2 is 1.60 bits per heavy atom. The normalized spacial score (nSPS) is 11.9. The van der Waals surface area contributed by atoms with Crippen LogP contribution < -0.4 is 8.92 Å². The molecule has 1 heterocycles. The van der Waals surface area contributed by atoms with E-state index in [4.69, 9.17) is 20.5 Å². The van der Waals surface area contributed by atoms with Gasteiger partial charge in [-0.3, -0.25) is 4.98 Å². The third-order valence-electron chi connectivity index (χ3n) is 4.09. The fraction of sp³-hybridized carbons (Fsp3) is 0.150. The van der Waals surface area contributed by atoms with Crippen molar-refractivity contribution in [1.82, 2.24) is 4.98 Å². The molecule has 1 aromatic heterocycles.